The molecule has 1 aromatic rings. The summed E-state index contributed by atoms with van der Waals surface area (Å²) in [6.45, 7) is 6.65. The summed E-state index contributed by atoms with van der Waals surface area (Å²) >= 11 is 0. The number of esters is 1. The van der Waals surface area contributed by atoms with Gasteiger partial charge in [-0.05, 0) is 45.0 Å². The van der Waals surface area contributed by atoms with Crippen molar-refractivity contribution in [3.63, 3.8) is 0 Å². The van der Waals surface area contributed by atoms with E-state index < -0.39 is 5.97 Å². The van der Waals surface area contributed by atoms with E-state index in [1.54, 1.807) is 31.2 Å². The quantitative estimate of drug-likeness (QED) is 0.614. The van der Waals surface area contributed by atoms with Gasteiger partial charge in [-0.3, -0.25) is 9.59 Å². The van der Waals surface area contributed by atoms with Crippen LogP contribution in [0.5, 0.6) is 5.75 Å². The number of carbonyl (C=O) groups is 3. The standard InChI is InChI=1S/C17H23NO5/c1-5-14(19)12-6-8-13(9-7-12)22-11-16(21)23-10-15(20)18-17(2,3)4/h6-9H,5,10-11H2,1-4H3,(H,18,20). The van der Waals surface area contributed by atoms with Gasteiger partial charge in [0.1, 0.15) is 5.75 Å². The molecule has 0 atom stereocenters. The largest absolute Gasteiger partial charge is 0.482 e. The summed E-state index contributed by atoms with van der Waals surface area (Å²) in [5.74, 6) is -0.509. The maximum atomic E-state index is 11.5. The van der Waals surface area contributed by atoms with E-state index in [1.165, 1.54) is 0 Å². The van der Waals surface area contributed by atoms with E-state index in [0.717, 1.165) is 0 Å². The van der Waals surface area contributed by atoms with E-state index in [9.17, 15) is 14.4 Å². The van der Waals surface area contributed by atoms with Crippen molar-refractivity contribution in [3.05, 3.63) is 29.8 Å². The predicted octanol–water partition coefficient (Wildman–Crippen LogP) is 2.12. The van der Waals surface area contributed by atoms with Gasteiger partial charge < -0.3 is 14.8 Å². The highest BCUT2D eigenvalue weighted by atomic mass is 16.6. The SMILES string of the molecule is CCC(=O)c1ccc(OCC(=O)OCC(=O)NC(C)(C)C)cc1. The minimum Gasteiger partial charge on any atom is -0.482 e. The minimum absolute atomic E-state index is 0.0424. The Balaban J connectivity index is 2.36. The van der Waals surface area contributed by atoms with Crippen molar-refractivity contribution in [3.8, 4) is 5.75 Å². The summed E-state index contributed by atoms with van der Waals surface area (Å²) < 4.78 is 10.1. The van der Waals surface area contributed by atoms with E-state index in [1.807, 2.05) is 20.8 Å². The zero-order valence-electron chi connectivity index (χ0n) is 14.0. The first kappa shape index (κ1) is 18.7. The van der Waals surface area contributed by atoms with E-state index in [0.29, 0.717) is 17.7 Å². The lowest BCUT2D eigenvalue weighted by molar-refractivity contribution is -0.150. The van der Waals surface area contributed by atoms with Gasteiger partial charge in [0.05, 0.1) is 0 Å². The van der Waals surface area contributed by atoms with Crippen LogP contribution in [0.15, 0.2) is 24.3 Å². The number of Topliss-reactive ketones (excluding diaryl/α,β-unsaturated/α-hetero) is 1. The fourth-order valence-corrected chi connectivity index (χ4v) is 1.73. The number of nitrogens with one attached hydrogen (secondary N) is 1. The van der Waals surface area contributed by atoms with Crippen molar-refractivity contribution < 1.29 is 23.9 Å². The number of benzene rings is 1. The molecule has 0 aromatic heterocycles. The molecule has 0 aliphatic rings. The molecule has 0 unspecified atom stereocenters. The summed E-state index contributed by atoms with van der Waals surface area (Å²) in [5, 5.41) is 2.68. The average molecular weight is 321 g/mol. The number of hydrogen-bond donors (Lipinski definition) is 1. The molecule has 126 valence electrons. The van der Waals surface area contributed by atoms with E-state index in [-0.39, 0.29) is 30.4 Å². The van der Waals surface area contributed by atoms with Crippen LogP contribution in [0, 0.1) is 0 Å². The normalized spacial score (nSPS) is 10.8. The third-order valence-corrected chi connectivity index (χ3v) is 2.73. The molecule has 0 heterocycles. The van der Waals surface area contributed by atoms with Crippen LogP contribution >= 0.6 is 0 Å². The third-order valence-electron chi connectivity index (χ3n) is 2.73. The van der Waals surface area contributed by atoms with Gasteiger partial charge in [-0.2, -0.15) is 0 Å². The molecule has 0 radical (unpaired) electrons. The molecule has 6 heteroatoms. The highest BCUT2D eigenvalue weighted by Crippen LogP contribution is 2.13. The van der Waals surface area contributed by atoms with E-state index >= 15 is 0 Å². The zero-order valence-corrected chi connectivity index (χ0v) is 14.0. The lowest BCUT2D eigenvalue weighted by Gasteiger charge is -2.20. The van der Waals surface area contributed by atoms with Crippen molar-refractivity contribution in [1.82, 2.24) is 5.32 Å². The first-order valence-electron chi connectivity index (χ1n) is 7.44. The molecule has 1 rings (SSSR count). The monoisotopic (exact) mass is 321 g/mol. The molecular formula is C17H23NO5. The molecule has 0 spiro atoms. The average Bonchev–Trinajstić information content (AvgIpc) is 2.49. The Morgan fingerprint density at radius 1 is 1.04 bits per heavy atom. The minimum atomic E-state index is -0.636. The second-order valence-electron chi connectivity index (χ2n) is 6.05. The van der Waals surface area contributed by atoms with Crippen molar-refractivity contribution in [2.45, 2.75) is 39.7 Å². The predicted molar refractivity (Wildman–Crippen MR) is 85.4 cm³/mol. The number of hydrogen-bond acceptors (Lipinski definition) is 5. The maximum absolute atomic E-state index is 11.5. The summed E-state index contributed by atoms with van der Waals surface area (Å²) in [4.78, 5) is 34.5. The molecule has 0 fully saturated rings. The first-order chi connectivity index (χ1) is 10.7. The third kappa shape index (κ3) is 7.44. The van der Waals surface area contributed by atoms with Gasteiger partial charge in [0.2, 0.25) is 0 Å². The molecule has 0 aliphatic carbocycles. The van der Waals surface area contributed by atoms with Crippen LogP contribution in [0.25, 0.3) is 0 Å². The van der Waals surface area contributed by atoms with Gasteiger partial charge in [0, 0.05) is 17.5 Å². The molecular weight excluding hydrogens is 298 g/mol. The van der Waals surface area contributed by atoms with Crippen LogP contribution in [-0.2, 0) is 14.3 Å². The second-order valence-corrected chi connectivity index (χ2v) is 6.05. The number of carbonyl (C=O) groups excluding carboxylic acids is 3. The molecule has 0 bridgehead atoms. The summed E-state index contributed by atoms with van der Waals surface area (Å²) in [6.07, 6.45) is 0.434. The molecule has 23 heavy (non-hydrogen) atoms. The van der Waals surface area contributed by atoms with E-state index in [4.69, 9.17) is 9.47 Å². The topological polar surface area (TPSA) is 81.7 Å². The smallest absolute Gasteiger partial charge is 0.344 e. The first-order valence-corrected chi connectivity index (χ1v) is 7.44. The summed E-state index contributed by atoms with van der Waals surface area (Å²) in [5.41, 5.74) is 0.221. The maximum Gasteiger partial charge on any atom is 0.344 e. The number of amides is 1. The van der Waals surface area contributed by atoms with Crippen LogP contribution in [0.1, 0.15) is 44.5 Å². The molecule has 0 saturated carbocycles. The number of ketones is 1. The van der Waals surface area contributed by atoms with Crippen LogP contribution in [0.4, 0.5) is 0 Å². The highest BCUT2D eigenvalue weighted by Gasteiger charge is 2.15. The van der Waals surface area contributed by atoms with Gasteiger partial charge in [0.25, 0.3) is 5.91 Å². The fraction of sp³-hybridized carbons (Fsp3) is 0.471. The molecule has 0 saturated heterocycles. The Bertz CT molecular complexity index is 557. The number of ether oxygens (including phenoxy) is 2. The van der Waals surface area contributed by atoms with E-state index in [2.05, 4.69) is 5.32 Å². The Kier molecular flexibility index (Phi) is 6.75. The number of rotatable bonds is 7. The molecule has 1 aromatic carbocycles. The zero-order chi connectivity index (χ0) is 17.5. The molecule has 6 nitrogen and oxygen atoms in total. The van der Waals surface area contributed by atoms with Crippen LogP contribution in [0.2, 0.25) is 0 Å². The summed E-state index contributed by atoms with van der Waals surface area (Å²) in [6, 6.07) is 6.51. The van der Waals surface area contributed by atoms with Crippen molar-refractivity contribution in [1.29, 1.82) is 0 Å². The van der Waals surface area contributed by atoms with Crippen LogP contribution < -0.4 is 10.1 Å². The van der Waals surface area contributed by atoms with Crippen molar-refractivity contribution >= 4 is 17.7 Å². The Morgan fingerprint density at radius 3 is 2.17 bits per heavy atom. The Morgan fingerprint density at radius 2 is 1.65 bits per heavy atom. The second kappa shape index (κ2) is 8.31. The molecule has 0 aliphatic heterocycles. The lowest BCUT2D eigenvalue weighted by atomic mass is 10.1. The van der Waals surface area contributed by atoms with Gasteiger partial charge in [-0.1, -0.05) is 6.92 Å². The van der Waals surface area contributed by atoms with Crippen molar-refractivity contribution in [2.24, 2.45) is 0 Å². The lowest BCUT2D eigenvalue weighted by Crippen LogP contribution is -2.43. The van der Waals surface area contributed by atoms with Gasteiger partial charge in [-0.15, -0.1) is 0 Å². The molecule has 1 N–H and O–H groups in total. The summed E-state index contributed by atoms with van der Waals surface area (Å²) in [7, 11) is 0. The van der Waals surface area contributed by atoms with Gasteiger partial charge >= 0.3 is 5.97 Å². The molecule has 1 amide bonds. The Labute approximate surface area is 136 Å². The van der Waals surface area contributed by atoms with Gasteiger partial charge in [0.15, 0.2) is 19.0 Å². The van der Waals surface area contributed by atoms with Crippen LogP contribution in [0.3, 0.4) is 0 Å². The van der Waals surface area contributed by atoms with Gasteiger partial charge in [-0.25, -0.2) is 4.79 Å². The fourth-order valence-electron chi connectivity index (χ4n) is 1.73. The van der Waals surface area contributed by atoms with Crippen LogP contribution in [-0.4, -0.2) is 36.4 Å². The highest BCUT2D eigenvalue weighted by molar-refractivity contribution is 5.95. The Hall–Kier alpha value is -2.37. The van der Waals surface area contributed by atoms with Crippen molar-refractivity contribution in [2.75, 3.05) is 13.2 Å².